The predicted octanol–water partition coefficient (Wildman–Crippen LogP) is 3.32. The third-order valence-electron chi connectivity index (χ3n) is 3.40. The van der Waals surface area contributed by atoms with Gasteiger partial charge in [0.2, 0.25) is 5.91 Å². The molecule has 0 aliphatic heterocycles. The van der Waals surface area contributed by atoms with Gasteiger partial charge in [-0.1, -0.05) is 28.1 Å². The molecule has 0 unspecified atom stereocenters. The van der Waals surface area contributed by atoms with Gasteiger partial charge in [0, 0.05) is 19.2 Å². The van der Waals surface area contributed by atoms with Crippen molar-refractivity contribution < 1.29 is 18.9 Å². The van der Waals surface area contributed by atoms with E-state index in [9.17, 15) is 24.1 Å². The molecule has 0 N–H and O–H groups in total. The number of non-ortho nitro benzene ring substituents is 1. The van der Waals surface area contributed by atoms with Crippen molar-refractivity contribution in [2.75, 3.05) is 17.3 Å². The fraction of sp³-hybridized carbons (Fsp3) is 0.125. The molecule has 2 aromatic carbocycles. The van der Waals surface area contributed by atoms with Crippen LogP contribution in [0.4, 0.5) is 15.8 Å². The minimum absolute atomic E-state index is 0.00775. The number of nitro groups is 1. The van der Waals surface area contributed by atoms with E-state index in [-0.39, 0.29) is 33.7 Å². The van der Waals surface area contributed by atoms with Crippen molar-refractivity contribution in [3.8, 4) is 0 Å². The minimum Gasteiger partial charge on any atom is -0.314 e. The monoisotopic (exact) mass is 394 g/mol. The highest BCUT2D eigenvalue weighted by atomic mass is 79.9. The van der Waals surface area contributed by atoms with E-state index in [1.807, 2.05) is 0 Å². The summed E-state index contributed by atoms with van der Waals surface area (Å²) in [5.74, 6) is -1.83. The number of benzene rings is 2. The van der Waals surface area contributed by atoms with E-state index < -0.39 is 16.5 Å². The van der Waals surface area contributed by atoms with Crippen LogP contribution in [0, 0.1) is 15.9 Å². The zero-order valence-corrected chi connectivity index (χ0v) is 14.1. The van der Waals surface area contributed by atoms with E-state index in [0.717, 1.165) is 12.1 Å². The van der Waals surface area contributed by atoms with Crippen molar-refractivity contribution in [2.24, 2.45) is 0 Å². The fourth-order valence-electron chi connectivity index (χ4n) is 2.13. The van der Waals surface area contributed by atoms with Gasteiger partial charge in [-0.05, 0) is 18.2 Å². The number of nitrogens with zero attached hydrogens (tertiary/aromatic N) is 2. The lowest BCUT2D eigenvalue weighted by Gasteiger charge is -2.19. The molecule has 0 aliphatic carbocycles. The summed E-state index contributed by atoms with van der Waals surface area (Å²) in [4.78, 5) is 36.0. The Morgan fingerprint density at radius 2 is 1.88 bits per heavy atom. The Balaban J connectivity index is 2.62. The molecule has 24 heavy (non-hydrogen) atoms. The first kappa shape index (κ1) is 17.7. The van der Waals surface area contributed by atoms with Gasteiger partial charge in [-0.15, -0.1) is 0 Å². The summed E-state index contributed by atoms with van der Waals surface area (Å²) in [6.07, 6.45) is 0. The van der Waals surface area contributed by atoms with E-state index >= 15 is 0 Å². The summed E-state index contributed by atoms with van der Waals surface area (Å²) in [5.41, 5.74) is -0.499. The van der Waals surface area contributed by atoms with E-state index in [1.54, 1.807) is 0 Å². The molecule has 0 saturated carbocycles. The smallest absolute Gasteiger partial charge is 0.270 e. The number of amides is 1. The highest BCUT2D eigenvalue weighted by Crippen LogP contribution is 2.28. The third-order valence-corrected chi connectivity index (χ3v) is 3.88. The van der Waals surface area contributed by atoms with Gasteiger partial charge in [-0.25, -0.2) is 4.39 Å². The van der Waals surface area contributed by atoms with Crippen LogP contribution < -0.4 is 4.90 Å². The largest absolute Gasteiger partial charge is 0.314 e. The lowest BCUT2D eigenvalue weighted by Crippen LogP contribution is -2.29. The van der Waals surface area contributed by atoms with E-state index in [0.29, 0.717) is 0 Å². The Morgan fingerprint density at radius 1 is 1.21 bits per heavy atom. The number of halogens is 2. The molecule has 0 spiro atoms. The lowest BCUT2D eigenvalue weighted by atomic mass is 10.00. The second-order valence-electron chi connectivity index (χ2n) is 4.85. The summed E-state index contributed by atoms with van der Waals surface area (Å²) >= 11 is 3.02. The summed E-state index contributed by atoms with van der Waals surface area (Å²) in [6.45, 7) is 0. The van der Waals surface area contributed by atoms with Crippen LogP contribution in [0.25, 0.3) is 0 Å². The molecule has 0 saturated heterocycles. The summed E-state index contributed by atoms with van der Waals surface area (Å²) in [5, 5.41) is 11.0. The summed E-state index contributed by atoms with van der Waals surface area (Å²) in [6, 6.07) is 8.85. The maximum Gasteiger partial charge on any atom is 0.270 e. The van der Waals surface area contributed by atoms with Gasteiger partial charge in [0.25, 0.3) is 5.69 Å². The molecule has 6 nitrogen and oxygen atoms in total. The van der Waals surface area contributed by atoms with Crippen LogP contribution in [0.1, 0.15) is 15.9 Å². The van der Waals surface area contributed by atoms with E-state index in [1.165, 1.54) is 42.3 Å². The molecule has 2 aromatic rings. The average molecular weight is 395 g/mol. The molecule has 0 fully saturated rings. The van der Waals surface area contributed by atoms with Gasteiger partial charge < -0.3 is 4.90 Å². The Labute approximate surface area is 145 Å². The van der Waals surface area contributed by atoms with Crippen LogP contribution in [0.3, 0.4) is 0 Å². The van der Waals surface area contributed by atoms with Gasteiger partial charge in [0.1, 0.15) is 5.82 Å². The van der Waals surface area contributed by atoms with Crippen LogP contribution in [0.2, 0.25) is 0 Å². The Morgan fingerprint density at radius 3 is 2.46 bits per heavy atom. The van der Waals surface area contributed by atoms with Crippen LogP contribution >= 0.6 is 15.9 Å². The van der Waals surface area contributed by atoms with E-state index in [2.05, 4.69) is 15.9 Å². The second-order valence-corrected chi connectivity index (χ2v) is 5.41. The maximum atomic E-state index is 13.9. The number of hydrogen-bond acceptors (Lipinski definition) is 4. The number of alkyl halides is 1. The van der Waals surface area contributed by atoms with Crippen molar-refractivity contribution in [3.05, 3.63) is 69.5 Å². The number of nitro benzene ring substituents is 1. The number of hydrogen-bond donors (Lipinski definition) is 0. The van der Waals surface area contributed by atoms with Gasteiger partial charge >= 0.3 is 0 Å². The first-order valence-corrected chi connectivity index (χ1v) is 7.89. The zero-order valence-electron chi connectivity index (χ0n) is 12.5. The molecular weight excluding hydrogens is 383 g/mol. The molecule has 0 bridgehead atoms. The Bertz CT molecular complexity index is 825. The topological polar surface area (TPSA) is 80.5 Å². The minimum atomic E-state index is -0.741. The van der Waals surface area contributed by atoms with Gasteiger partial charge in [-0.2, -0.15) is 0 Å². The summed E-state index contributed by atoms with van der Waals surface area (Å²) in [7, 11) is 1.43. The van der Waals surface area contributed by atoms with Crippen LogP contribution in [0.15, 0.2) is 42.5 Å². The molecule has 0 atom stereocenters. The van der Waals surface area contributed by atoms with Crippen molar-refractivity contribution in [3.63, 3.8) is 0 Å². The Hall–Kier alpha value is -2.61. The zero-order chi connectivity index (χ0) is 17.9. The van der Waals surface area contributed by atoms with Gasteiger partial charge in [-0.3, -0.25) is 19.7 Å². The fourth-order valence-corrected chi connectivity index (χ4v) is 2.50. The van der Waals surface area contributed by atoms with E-state index in [4.69, 9.17) is 0 Å². The Kier molecular flexibility index (Phi) is 5.40. The molecule has 0 radical (unpaired) electrons. The number of carbonyl (C=O) groups is 2. The van der Waals surface area contributed by atoms with Crippen molar-refractivity contribution in [1.29, 1.82) is 0 Å². The number of ketones is 1. The first-order chi connectivity index (χ1) is 11.4. The molecule has 2 rings (SSSR count). The highest BCUT2D eigenvalue weighted by molar-refractivity contribution is 9.09. The molecular formula is C16H12BrFN2O4. The third kappa shape index (κ3) is 3.48. The number of rotatable bonds is 5. The van der Waals surface area contributed by atoms with Crippen molar-refractivity contribution in [2.45, 2.75) is 0 Å². The van der Waals surface area contributed by atoms with Crippen LogP contribution in [0.5, 0.6) is 0 Å². The van der Waals surface area contributed by atoms with Crippen LogP contribution in [-0.2, 0) is 4.79 Å². The predicted molar refractivity (Wildman–Crippen MR) is 90.1 cm³/mol. The maximum absolute atomic E-state index is 13.9. The standard InChI is InChI=1S/C16H12BrFN2O4/c1-19(15(21)9-17)14-7-6-10(20(23)24)8-12(14)16(22)11-4-2-3-5-13(11)18/h2-8H,9H2,1H3. The quantitative estimate of drug-likeness (QED) is 0.337. The number of anilines is 1. The molecule has 8 heteroatoms. The lowest BCUT2D eigenvalue weighted by molar-refractivity contribution is -0.384. The average Bonchev–Trinajstić information content (AvgIpc) is 2.59. The summed E-state index contributed by atoms with van der Waals surface area (Å²) < 4.78 is 13.9. The van der Waals surface area contributed by atoms with Crippen LogP contribution in [-0.4, -0.2) is 29.0 Å². The second kappa shape index (κ2) is 7.31. The molecule has 0 aromatic heterocycles. The molecule has 0 heterocycles. The molecule has 1 amide bonds. The highest BCUT2D eigenvalue weighted by Gasteiger charge is 2.24. The normalized spacial score (nSPS) is 10.3. The SMILES string of the molecule is CN(C(=O)CBr)c1ccc([N+](=O)[O-])cc1C(=O)c1ccccc1F. The number of carbonyl (C=O) groups excluding carboxylic acids is 2. The molecule has 124 valence electrons. The van der Waals surface area contributed by atoms with Crippen molar-refractivity contribution in [1.82, 2.24) is 0 Å². The first-order valence-electron chi connectivity index (χ1n) is 6.77. The van der Waals surface area contributed by atoms with Crippen molar-refractivity contribution >= 4 is 39.0 Å². The van der Waals surface area contributed by atoms with Gasteiger partial charge in [0.05, 0.1) is 27.1 Å². The molecule has 0 aliphatic rings. The van der Waals surface area contributed by atoms with Gasteiger partial charge in [0.15, 0.2) is 5.78 Å².